The van der Waals surface area contributed by atoms with Gasteiger partial charge in [0.15, 0.2) is 0 Å². The van der Waals surface area contributed by atoms with Crippen LogP contribution in [0, 0.1) is 5.82 Å². The van der Waals surface area contributed by atoms with Gasteiger partial charge >= 0.3 is 0 Å². The number of aromatic amines is 1. The normalized spacial score (nSPS) is 11.9. The van der Waals surface area contributed by atoms with Gasteiger partial charge in [-0.2, -0.15) is 0 Å². The number of amides is 1. The molecule has 1 atom stereocenters. The first-order valence-electron chi connectivity index (χ1n) is 6.86. The molecule has 1 aromatic carbocycles. The molecule has 2 rings (SSSR count). The summed E-state index contributed by atoms with van der Waals surface area (Å²) in [4.78, 5) is 19.0. The highest BCUT2D eigenvalue weighted by molar-refractivity contribution is 5.76. The van der Waals surface area contributed by atoms with Gasteiger partial charge in [0.05, 0.1) is 19.1 Å². The summed E-state index contributed by atoms with van der Waals surface area (Å²) >= 11 is 0. The molecule has 1 unspecified atom stereocenters. The van der Waals surface area contributed by atoms with Crippen LogP contribution in [0.1, 0.15) is 31.6 Å². The van der Waals surface area contributed by atoms with E-state index in [1.54, 1.807) is 12.4 Å². The van der Waals surface area contributed by atoms with E-state index in [4.69, 9.17) is 4.74 Å². The fourth-order valence-corrected chi connectivity index (χ4v) is 1.89. The fourth-order valence-electron chi connectivity index (χ4n) is 1.89. The van der Waals surface area contributed by atoms with Crippen LogP contribution in [0.5, 0.6) is 5.75 Å². The summed E-state index contributed by atoms with van der Waals surface area (Å²) in [7, 11) is 0. The van der Waals surface area contributed by atoms with Crippen LogP contribution in [0.4, 0.5) is 4.39 Å². The van der Waals surface area contributed by atoms with E-state index < -0.39 is 0 Å². The van der Waals surface area contributed by atoms with Crippen LogP contribution >= 0.6 is 0 Å². The van der Waals surface area contributed by atoms with Gasteiger partial charge in [-0.1, -0.05) is 6.92 Å². The predicted molar refractivity (Wildman–Crippen MR) is 76.3 cm³/mol. The molecule has 0 radical (unpaired) electrons. The number of carbonyl (C=O) groups is 1. The van der Waals surface area contributed by atoms with Gasteiger partial charge in [0.1, 0.15) is 17.4 Å². The van der Waals surface area contributed by atoms with E-state index >= 15 is 0 Å². The Labute approximate surface area is 122 Å². The molecule has 5 nitrogen and oxygen atoms in total. The Morgan fingerprint density at radius 2 is 2.19 bits per heavy atom. The van der Waals surface area contributed by atoms with E-state index in [-0.39, 0.29) is 30.8 Å². The van der Waals surface area contributed by atoms with Gasteiger partial charge in [0, 0.05) is 12.4 Å². The lowest BCUT2D eigenvalue weighted by Gasteiger charge is -2.14. The van der Waals surface area contributed by atoms with Crippen molar-refractivity contribution in [3.63, 3.8) is 0 Å². The Balaban J connectivity index is 1.75. The van der Waals surface area contributed by atoms with Crippen molar-refractivity contribution >= 4 is 5.91 Å². The summed E-state index contributed by atoms with van der Waals surface area (Å²) in [6.07, 6.45) is 4.36. The third-order valence-electron chi connectivity index (χ3n) is 3.00. The molecule has 0 fully saturated rings. The van der Waals surface area contributed by atoms with Crippen LogP contribution in [-0.4, -0.2) is 22.5 Å². The Morgan fingerprint density at radius 3 is 2.81 bits per heavy atom. The molecule has 0 saturated carbocycles. The second kappa shape index (κ2) is 7.42. The zero-order valence-electron chi connectivity index (χ0n) is 11.8. The van der Waals surface area contributed by atoms with E-state index in [1.165, 1.54) is 24.3 Å². The molecule has 0 aliphatic heterocycles. The number of halogens is 1. The quantitative estimate of drug-likeness (QED) is 0.824. The highest BCUT2D eigenvalue weighted by atomic mass is 19.1. The van der Waals surface area contributed by atoms with E-state index in [1.807, 2.05) is 6.92 Å². The highest BCUT2D eigenvalue weighted by Gasteiger charge is 2.14. The van der Waals surface area contributed by atoms with Crippen LogP contribution in [0.15, 0.2) is 36.7 Å². The van der Waals surface area contributed by atoms with Gasteiger partial charge in [-0.3, -0.25) is 4.79 Å². The number of hydrogen-bond acceptors (Lipinski definition) is 3. The lowest BCUT2D eigenvalue weighted by atomic mass is 10.2. The average molecular weight is 291 g/mol. The first-order valence-corrected chi connectivity index (χ1v) is 6.86. The number of hydrogen-bond donors (Lipinski definition) is 2. The van der Waals surface area contributed by atoms with Crippen LogP contribution in [-0.2, 0) is 4.79 Å². The van der Waals surface area contributed by atoms with Gasteiger partial charge in [0.25, 0.3) is 0 Å². The second-order valence-corrected chi connectivity index (χ2v) is 4.56. The third-order valence-corrected chi connectivity index (χ3v) is 3.00. The predicted octanol–water partition coefficient (Wildman–Crippen LogP) is 2.59. The summed E-state index contributed by atoms with van der Waals surface area (Å²) in [5, 5.41) is 2.89. The maximum atomic E-state index is 12.7. The maximum Gasteiger partial charge on any atom is 0.224 e. The summed E-state index contributed by atoms with van der Waals surface area (Å²) in [6.45, 7) is 2.22. The minimum absolute atomic E-state index is 0.111. The molecular formula is C15H18FN3O2. The number of aromatic nitrogens is 2. The minimum atomic E-state index is -0.315. The van der Waals surface area contributed by atoms with Gasteiger partial charge in [-0.15, -0.1) is 0 Å². The number of rotatable bonds is 7. The standard InChI is InChI=1S/C15H18FN3O2/c1-2-13(15-17-8-9-18-15)19-14(20)7-10-21-12-5-3-11(16)4-6-12/h3-6,8-9,13H,2,7,10H2,1H3,(H,17,18)(H,19,20). The summed E-state index contributed by atoms with van der Waals surface area (Å²) < 4.78 is 18.1. The van der Waals surface area contributed by atoms with E-state index in [9.17, 15) is 9.18 Å². The molecule has 2 N–H and O–H groups in total. The lowest BCUT2D eigenvalue weighted by Crippen LogP contribution is -2.29. The summed E-state index contributed by atoms with van der Waals surface area (Å²) in [5.74, 6) is 0.859. The highest BCUT2D eigenvalue weighted by Crippen LogP contribution is 2.13. The smallest absolute Gasteiger partial charge is 0.224 e. The number of H-pyrrole nitrogens is 1. The van der Waals surface area contributed by atoms with Crippen LogP contribution in [0.2, 0.25) is 0 Å². The molecule has 0 aliphatic rings. The Morgan fingerprint density at radius 1 is 1.43 bits per heavy atom. The minimum Gasteiger partial charge on any atom is -0.493 e. The van der Waals surface area contributed by atoms with Crippen LogP contribution < -0.4 is 10.1 Å². The molecule has 1 aromatic heterocycles. The number of benzene rings is 1. The number of ether oxygens (including phenoxy) is 1. The molecule has 21 heavy (non-hydrogen) atoms. The second-order valence-electron chi connectivity index (χ2n) is 4.56. The zero-order valence-corrected chi connectivity index (χ0v) is 11.8. The SMILES string of the molecule is CCC(NC(=O)CCOc1ccc(F)cc1)c1ncc[nH]1. The largest absolute Gasteiger partial charge is 0.493 e. The molecule has 112 valence electrons. The molecule has 1 heterocycles. The number of nitrogens with one attached hydrogen (secondary N) is 2. The van der Waals surface area contributed by atoms with Gasteiger partial charge in [0.2, 0.25) is 5.91 Å². The van der Waals surface area contributed by atoms with Crippen molar-refractivity contribution in [2.24, 2.45) is 0 Å². The van der Waals surface area contributed by atoms with Gasteiger partial charge in [-0.25, -0.2) is 9.37 Å². The topological polar surface area (TPSA) is 67.0 Å². The van der Waals surface area contributed by atoms with Crippen LogP contribution in [0.25, 0.3) is 0 Å². The fraction of sp³-hybridized carbons (Fsp3) is 0.333. The number of imidazole rings is 1. The third kappa shape index (κ3) is 4.59. The van der Waals surface area contributed by atoms with Crippen molar-refractivity contribution in [2.45, 2.75) is 25.8 Å². The zero-order chi connectivity index (χ0) is 15.1. The van der Waals surface area contributed by atoms with E-state index in [0.29, 0.717) is 5.75 Å². The molecule has 0 spiro atoms. The Kier molecular flexibility index (Phi) is 5.31. The molecule has 6 heteroatoms. The van der Waals surface area contributed by atoms with Crippen molar-refractivity contribution in [1.29, 1.82) is 0 Å². The lowest BCUT2D eigenvalue weighted by molar-refractivity contribution is -0.122. The van der Waals surface area contributed by atoms with E-state index in [2.05, 4.69) is 15.3 Å². The first-order chi connectivity index (χ1) is 10.2. The molecular weight excluding hydrogens is 273 g/mol. The Hall–Kier alpha value is -2.37. The van der Waals surface area contributed by atoms with Crippen molar-refractivity contribution in [2.75, 3.05) is 6.61 Å². The van der Waals surface area contributed by atoms with Crippen molar-refractivity contribution in [3.8, 4) is 5.75 Å². The maximum absolute atomic E-state index is 12.7. The van der Waals surface area contributed by atoms with E-state index in [0.717, 1.165) is 12.2 Å². The van der Waals surface area contributed by atoms with Crippen LogP contribution in [0.3, 0.4) is 0 Å². The summed E-state index contributed by atoms with van der Waals surface area (Å²) in [6, 6.07) is 5.58. The number of nitrogens with zero attached hydrogens (tertiary/aromatic N) is 1. The van der Waals surface area contributed by atoms with Gasteiger partial charge in [-0.05, 0) is 30.7 Å². The van der Waals surface area contributed by atoms with Crippen molar-refractivity contribution in [3.05, 3.63) is 48.3 Å². The number of carbonyl (C=O) groups excluding carboxylic acids is 1. The summed E-state index contributed by atoms with van der Waals surface area (Å²) in [5.41, 5.74) is 0. The van der Waals surface area contributed by atoms with Crippen molar-refractivity contribution < 1.29 is 13.9 Å². The molecule has 0 saturated heterocycles. The monoisotopic (exact) mass is 291 g/mol. The molecule has 0 aliphatic carbocycles. The van der Waals surface area contributed by atoms with Gasteiger partial charge < -0.3 is 15.0 Å². The molecule has 0 bridgehead atoms. The first kappa shape index (κ1) is 15.0. The Bertz CT molecular complexity index is 555. The van der Waals surface area contributed by atoms with Crippen molar-refractivity contribution in [1.82, 2.24) is 15.3 Å². The molecule has 1 amide bonds. The average Bonchev–Trinajstić information content (AvgIpc) is 3.01. The molecule has 2 aromatic rings.